The van der Waals surface area contributed by atoms with Gasteiger partial charge in [-0.25, -0.2) is 4.68 Å². The zero-order chi connectivity index (χ0) is 13.2. The minimum atomic E-state index is 0.0523. The summed E-state index contributed by atoms with van der Waals surface area (Å²) in [4.78, 5) is 14.4. The van der Waals surface area contributed by atoms with Crippen molar-refractivity contribution in [2.24, 2.45) is 0 Å². The molecule has 1 aliphatic heterocycles. The summed E-state index contributed by atoms with van der Waals surface area (Å²) < 4.78 is 1.90. The van der Waals surface area contributed by atoms with E-state index in [-0.39, 0.29) is 5.91 Å². The fourth-order valence-electron chi connectivity index (χ4n) is 3.27. The van der Waals surface area contributed by atoms with Gasteiger partial charge in [-0.3, -0.25) is 4.79 Å². The summed E-state index contributed by atoms with van der Waals surface area (Å²) in [5.74, 6) is 0.0523. The smallest absolute Gasteiger partial charge is 0.276 e. The Kier molecular flexibility index (Phi) is 3.53. The Morgan fingerprint density at radius 1 is 1.21 bits per heavy atom. The van der Waals surface area contributed by atoms with E-state index in [0.717, 1.165) is 32.2 Å². The maximum absolute atomic E-state index is 12.4. The zero-order valence-corrected chi connectivity index (χ0v) is 11.6. The van der Waals surface area contributed by atoms with Crippen molar-refractivity contribution < 1.29 is 4.79 Å². The first-order chi connectivity index (χ1) is 9.25. The molecule has 1 atom stereocenters. The first-order valence-electron chi connectivity index (χ1n) is 7.48. The summed E-state index contributed by atoms with van der Waals surface area (Å²) in [5, 5.41) is 8.25. The molecule has 1 saturated carbocycles. The first-order valence-corrected chi connectivity index (χ1v) is 7.48. The molecule has 1 unspecified atom stereocenters. The summed E-state index contributed by atoms with van der Waals surface area (Å²) >= 11 is 0. The van der Waals surface area contributed by atoms with Crippen molar-refractivity contribution in [1.82, 2.24) is 19.9 Å². The lowest BCUT2D eigenvalue weighted by Crippen LogP contribution is -2.42. The highest BCUT2D eigenvalue weighted by Gasteiger charge is 2.27. The maximum Gasteiger partial charge on any atom is 0.276 e. The predicted octanol–water partition coefficient (Wildman–Crippen LogP) is 2.41. The Labute approximate surface area is 114 Å². The van der Waals surface area contributed by atoms with Gasteiger partial charge in [0, 0.05) is 12.6 Å². The molecule has 2 fully saturated rings. The lowest BCUT2D eigenvalue weighted by Gasteiger charge is -2.32. The van der Waals surface area contributed by atoms with Crippen LogP contribution in [0, 0.1) is 0 Å². The van der Waals surface area contributed by atoms with E-state index in [4.69, 9.17) is 0 Å². The number of aromatic nitrogens is 3. The SMILES string of the molecule is CC1CCCCN1C(=O)c1cn(C2CCCC2)nn1. The van der Waals surface area contributed by atoms with Gasteiger partial charge in [-0.1, -0.05) is 18.1 Å². The van der Waals surface area contributed by atoms with Crippen LogP contribution >= 0.6 is 0 Å². The van der Waals surface area contributed by atoms with Crippen LogP contribution in [0.2, 0.25) is 0 Å². The molecule has 1 aliphatic carbocycles. The third-order valence-electron chi connectivity index (χ3n) is 4.49. The molecular formula is C14H22N4O. The second-order valence-corrected chi connectivity index (χ2v) is 5.87. The van der Waals surface area contributed by atoms with E-state index < -0.39 is 0 Å². The van der Waals surface area contributed by atoms with Crippen LogP contribution in [0.5, 0.6) is 0 Å². The van der Waals surface area contributed by atoms with Gasteiger partial charge in [-0.05, 0) is 39.0 Å². The number of piperidine rings is 1. The van der Waals surface area contributed by atoms with Gasteiger partial charge >= 0.3 is 0 Å². The minimum absolute atomic E-state index is 0.0523. The van der Waals surface area contributed by atoms with E-state index in [1.807, 2.05) is 15.8 Å². The van der Waals surface area contributed by atoms with E-state index in [2.05, 4.69) is 17.2 Å². The van der Waals surface area contributed by atoms with Crippen molar-refractivity contribution in [2.75, 3.05) is 6.54 Å². The molecule has 1 amide bonds. The molecule has 5 heteroatoms. The Morgan fingerprint density at radius 3 is 2.68 bits per heavy atom. The Bertz CT molecular complexity index is 450. The van der Waals surface area contributed by atoms with Gasteiger partial charge in [0.05, 0.1) is 12.2 Å². The number of likely N-dealkylation sites (tertiary alicyclic amines) is 1. The van der Waals surface area contributed by atoms with Crippen molar-refractivity contribution >= 4 is 5.91 Å². The Hall–Kier alpha value is -1.39. The standard InChI is InChI=1S/C14H22N4O/c1-11-6-4-5-9-17(11)14(19)13-10-18(16-15-13)12-7-2-3-8-12/h10-12H,2-9H2,1H3. The number of hydrogen-bond acceptors (Lipinski definition) is 3. The van der Waals surface area contributed by atoms with Gasteiger partial charge in [0.15, 0.2) is 5.69 Å². The predicted molar refractivity (Wildman–Crippen MR) is 71.9 cm³/mol. The number of amides is 1. The van der Waals surface area contributed by atoms with E-state index in [9.17, 15) is 4.79 Å². The topological polar surface area (TPSA) is 51.0 Å². The highest BCUT2D eigenvalue weighted by Crippen LogP contribution is 2.28. The molecular weight excluding hydrogens is 240 g/mol. The monoisotopic (exact) mass is 262 g/mol. The van der Waals surface area contributed by atoms with E-state index >= 15 is 0 Å². The normalized spacial score (nSPS) is 24.9. The second-order valence-electron chi connectivity index (χ2n) is 5.87. The van der Waals surface area contributed by atoms with Crippen molar-refractivity contribution in [3.05, 3.63) is 11.9 Å². The lowest BCUT2D eigenvalue weighted by atomic mass is 10.0. The molecule has 104 valence electrons. The number of rotatable bonds is 2. The number of carbonyl (C=O) groups is 1. The number of nitrogens with zero attached hydrogens (tertiary/aromatic N) is 4. The summed E-state index contributed by atoms with van der Waals surface area (Å²) in [6.45, 7) is 2.98. The minimum Gasteiger partial charge on any atom is -0.335 e. The van der Waals surface area contributed by atoms with E-state index in [1.54, 1.807) is 0 Å². The van der Waals surface area contributed by atoms with Crippen LogP contribution in [-0.4, -0.2) is 38.4 Å². The average molecular weight is 262 g/mol. The molecule has 2 aliphatic rings. The summed E-state index contributed by atoms with van der Waals surface area (Å²) in [6.07, 6.45) is 10.1. The fourth-order valence-corrected chi connectivity index (χ4v) is 3.27. The third kappa shape index (κ3) is 2.51. The van der Waals surface area contributed by atoms with Gasteiger partial charge in [-0.2, -0.15) is 0 Å². The molecule has 0 radical (unpaired) electrons. The summed E-state index contributed by atoms with van der Waals surface area (Å²) in [5.41, 5.74) is 0.514. The van der Waals surface area contributed by atoms with Gasteiger partial charge in [-0.15, -0.1) is 5.10 Å². The molecule has 0 aromatic carbocycles. The highest BCUT2D eigenvalue weighted by molar-refractivity contribution is 5.92. The molecule has 19 heavy (non-hydrogen) atoms. The third-order valence-corrected chi connectivity index (χ3v) is 4.49. The van der Waals surface area contributed by atoms with E-state index in [1.165, 1.54) is 19.3 Å². The number of hydrogen-bond donors (Lipinski definition) is 0. The summed E-state index contributed by atoms with van der Waals surface area (Å²) in [7, 11) is 0. The van der Waals surface area contributed by atoms with Crippen molar-refractivity contribution in [2.45, 2.75) is 64.0 Å². The molecule has 3 rings (SSSR count). The van der Waals surface area contributed by atoms with Crippen LogP contribution < -0.4 is 0 Å². The molecule has 0 spiro atoms. The molecule has 5 nitrogen and oxygen atoms in total. The van der Waals surface area contributed by atoms with Crippen molar-refractivity contribution in [3.8, 4) is 0 Å². The van der Waals surface area contributed by atoms with E-state index in [0.29, 0.717) is 17.8 Å². The quantitative estimate of drug-likeness (QED) is 0.822. The largest absolute Gasteiger partial charge is 0.335 e. The molecule has 1 aromatic heterocycles. The fraction of sp³-hybridized carbons (Fsp3) is 0.786. The number of carbonyl (C=O) groups excluding carboxylic acids is 1. The van der Waals surface area contributed by atoms with Crippen LogP contribution in [0.1, 0.15) is 68.4 Å². The van der Waals surface area contributed by atoms with Crippen molar-refractivity contribution in [1.29, 1.82) is 0 Å². The molecule has 0 bridgehead atoms. The van der Waals surface area contributed by atoms with Gasteiger partial charge in [0.2, 0.25) is 0 Å². The molecule has 1 saturated heterocycles. The van der Waals surface area contributed by atoms with Crippen LogP contribution in [0.4, 0.5) is 0 Å². The lowest BCUT2D eigenvalue weighted by molar-refractivity contribution is 0.0629. The molecule has 2 heterocycles. The van der Waals surface area contributed by atoms with Crippen LogP contribution in [0.3, 0.4) is 0 Å². The highest BCUT2D eigenvalue weighted by atomic mass is 16.2. The Morgan fingerprint density at radius 2 is 1.95 bits per heavy atom. The summed E-state index contributed by atoms with van der Waals surface area (Å²) in [6, 6.07) is 0.783. The first kappa shape index (κ1) is 12.6. The second kappa shape index (κ2) is 5.31. The zero-order valence-electron chi connectivity index (χ0n) is 11.6. The molecule has 1 aromatic rings. The van der Waals surface area contributed by atoms with Gasteiger partial charge in [0.1, 0.15) is 0 Å². The Balaban J connectivity index is 1.72. The average Bonchev–Trinajstić information content (AvgIpc) is 3.09. The van der Waals surface area contributed by atoms with Crippen LogP contribution in [0.15, 0.2) is 6.20 Å². The van der Waals surface area contributed by atoms with Crippen LogP contribution in [-0.2, 0) is 0 Å². The van der Waals surface area contributed by atoms with Gasteiger partial charge < -0.3 is 4.90 Å². The van der Waals surface area contributed by atoms with Gasteiger partial charge in [0.25, 0.3) is 5.91 Å². The van der Waals surface area contributed by atoms with Crippen molar-refractivity contribution in [3.63, 3.8) is 0 Å². The molecule has 0 N–H and O–H groups in total. The van der Waals surface area contributed by atoms with Crippen LogP contribution in [0.25, 0.3) is 0 Å². The maximum atomic E-state index is 12.4.